The van der Waals surface area contributed by atoms with Gasteiger partial charge in [-0.1, -0.05) is 65.8 Å². The Labute approximate surface area is 168 Å². The van der Waals surface area contributed by atoms with E-state index >= 15 is 0 Å². The van der Waals surface area contributed by atoms with Crippen molar-refractivity contribution in [1.29, 1.82) is 0 Å². The van der Waals surface area contributed by atoms with Crippen LogP contribution in [0.5, 0.6) is 0 Å². The molecule has 1 aliphatic rings. The molecule has 0 fully saturated rings. The van der Waals surface area contributed by atoms with Gasteiger partial charge < -0.3 is 10.2 Å². The van der Waals surface area contributed by atoms with Crippen molar-refractivity contribution in [3.8, 4) is 11.3 Å². The van der Waals surface area contributed by atoms with Gasteiger partial charge in [-0.2, -0.15) is 0 Å². The van der Waals surface area contributed by atoms with Gasteiger partial charge in [0, 0.05) is 36.8 Å². The van der Waals surface area contributed by atoms with Gasteiger partial charge in [-0.25, -0.2) is 4.98 Å². The maximum atomic E-state index is 12.3. The largest absolute Gasteiger partial charge is 0.382 e. The zero-order valence-electron chi connectivity index (χ0n) is 15.4. The highest BCUT2D eigenvalue weighted by Gasteiger charge is 2.27. The standard InChI is InChI=1S/C22H21N3O2S/c26-22(20-14-18(25-27-20)13-16-7-3-1-4-8-16)23-12-11-21-24-19(15-28-21)17-9-5-2-6-10-17/h1-10,15,20H,11-14H2,(H,23,26)/t20-/m0/s1. The summed E-state index contributed by atoms with van der Waals surface area (Å²) in [6.45, 7) is 0.536. The molecule has 2 aromatic carbocycles. The molecule has 1 N–H and O–H groups in total. The van der Waals surface area contributed by atoms with E-state index in [0.717, 1.165) is 22.0 Å². The molecule has 0 aliphatic carbocycles. The van der Waals surface area contributed by atoms with Crippen molar-refractivity contribution < 1.29 is 9.63 Å². The van der Waals surface area contributed by atoms with Crippen molar-refractivity contribution in [2.24, 2.45) is 5.16 Å². The molecule has 0 unspecified atom stereocenters. The second-order valence-electron chi connectivity index (χ2n) is 6.65. The molecule has 1 aromatic heterocycles. The van der Waals surface area contributed by atoms with Crippen LogP contribution in [0.1, 0.15) is 17.0 Å². The van der Waals surface area contributed by atoms with Gasteiger partial charge in [0.15, 0.2) is 0 Å². The predicted molar refractivity (Wildman–Crippen MR) is 111 cm³/mol. The molecule has 0 saturated heterocycles. The predicted octanol–water partition coefficient (Wildman–Crippen LogP) is 3.86. The molecule has 1 atom stereocenters. The average Bonchev–Trinajstić information content (AvgIpc) is 3.39. The number of carbonyl (C=O) groups is 1. The summed E-state index contributed by atoms with van der Waals surface area (Å²) < 4.78 is 0. The molecule has 0 saturated carbocycles. The van der Waals surface area contributed by atoms with Crippen molar-refractivity contribution in [2.75, 3.05) is 6.54 Å². The number of aromatic nitrogens is 1. The molecule has 0 spiro atoms. The Morgan fingerprint density at radius 1 is 1.11 bits per heavy atom. The van der Waals surface area contributed by atoms with Gasteiger partial charge in [0.05, 0.1) is 16.4 Å². The Balaban J connectivity index is 1.22. The maximum absolute atomic E-state index is 12.3. The molecule has 142 valence electrons. The lowest BCUT2D eigenvalue weighted by atomic mass is 10.0. The number of nitrogens with zero attached hydrogens (tertiary/aromatic N) is 2. The van der Waals surface area contributed by atoms with Crippen LogP contribution in [0, 0.1) is 0 Å². The fraction of sp³-hybridized carbons (Fsp3) is 0.227. The van der Waals surface area contributed by atoms with Gasteiger partial charge in [0.25, 0.3) is 5.91 Å². The van der Waals surface area contributed by atoms with Crippen molar-refractivity contribution in [1.82, 2.24) is 10.3 Å². The number of amides is 1. The maximum Gasteiger partial charge on any atom is 0.264 e. The summed E-state index contributed by atoms with van der Waals surface area (Å²) in [7, 11) is 0. The highest BCUT2D eigenvalue weighted by atomic mass is 32.1. The van der Waals surface area contributed by atoms with Crippen molar-refractivity contribution in [2.45, 2.75) is 25.4 Å². The molecule has 6 heteroatoms. The summed E-state index contributed by atoms with van der Waals surface area (Å²) in [5, 5.41) is 10.1. The third-order valence-electron chi connectivity index (χ3n) is 4.53. The first kappa shape index (κ1) is 18.4. The molecule has 4 rings (SSSR count). The minimum absolute atomic E-state index is 0.119. The van der Waals surface area contributed by atoms with E-state index in [4.69, 9.17) is 4.84 Å². The van der Waals surface area contributed by atoms with Gasteiger partial charge in [-0.05, 0) is 5.56 Å². The van der Waals surface area contributed by atoms with Crippen molar-refractivity contribution >= 4 is 23.0 Å². The topological polar surface area (TPSA) is 63.6 Å². The van der Waals surface area contributed by atoms with Gasteiger partial charge in [-0.15, -0.1) is 11.3 Å². The molecule has 2 heterocycles. The summed E-state index contributed by atoms with van der Waals surface area (Å²) in [5.74, 6) is -0.119. The number of oxime groups is 1. The lowest BCUT2D eigenvalue weighted by Crippen LogP contribution is -2.36. The van der Waals surface area contributed by atoms with E-state index in [9.17, 15) is 4.79 Å². The molecule has 3 aromatic rings. The fourth-order valence-electron chi connectivity index (χ4n) is 3.08. The summed E-state index contributed by atoms with van der Waals surface area (Å²) in [4.78, 5) is 22.3. The fourth-order valence-corrected chi connectivity index (χ4v) is 3.88. The number of rotatable bonds is 7. The monoisotopic (exact) mass is 391 g/mol. The van der Waals surface area contributed by atoms with Crippen LogP contribution in [-0.2, 0) is 22.5 Å². The molecule has 1 amide bonds. The first-order valence-electron chi connectivity index (χ1n) is 9.31. The van der Waals surface area contributed by atoms with Crippen molar-refractivity contribution in [3.63, 3.8) is 0 Å². The summed E-state index contributed by atoms with van der Waals surface area (Å²) >= 11 is 1.61. The lowest BCUT2D eigenvalue weighted by Gasteiger charge is -2.08. The number of carbonyl (C=O) groups excluding carboxylic acids is 1. The minimum Gasteiger partial charge on any atom is -0.382 e. The van der Waals surface area contributed by atoms with Crippen LogP contribution in [0.3, 0.4) is 0 Å². The Bertz CT molecular complexity index is 954. The third-order valence-corrected chi connectivity index (χ3v) is 5.44. The quantitative estimate of drug-likeness (QED) is 0.665. The van der Waals surface area contributed by atoms with Gasteiger partial charge >= 0.3 is 0 Å². The van der Waals surface area contributed by atoms with Crippen LogP contribution in [0.15, 0.2) is 71.2 Å². The van der Waals surface area contributed by atoms with Gasteiger partial charge in [-0.3, -0.25) is 4.79 Å². The lowest BCUT2D eigenvalue weighted by molar-refractivity contribution is -0.131. The molecular weight excluding hydrogens is 370 g/mol. The van der Waals surface area contributed by atoms with Crippen LogP contribution >= 0.6 is 11.3 Å². The summed E-state index contributed by atoms with van der Waals surface area (Å²) in [6, 6.07) is 20.2. The Morgan fingerprint density at radius 3 is 2.64 bits per heavy atom. The number of hydrogen-bond donors (Lipinski definition) is 1. The highest BCUT2D eigenvalue weighted by molar-refractivity contribution is 7.09. The van der Waals surface area contributed by atoms with E-state index in [-0.39, 0.29) is 5.91 Å². The van der Waals surface area contributed by atoms with E-state index in [1.807, 2.05) is 60.7 Å². The molecular formula is C22H21N3O2S. The zero-order chi connectivity index (χ0) is 19.2. The van der Waals surface area contributed by atoms with Crippen LogP contribution in [0.4, 0.5) is 0 Å². The van der Waals surface area contributed by atoms with Gasteiger partial charge in [0.1, 0.15) is 0 Å². The number of thiazole rings is 1. The first-order chi connectivity index (χ1) is 13.8. The number of hydrogen-bond acceptors (Lipinski definition) is 5. The zero-order valence-corrected chi connectivity index (χ0v) is 16.2. The molecule has 28 heavy (non-hydrogen) atoms. The number of benzene rings is 2. The summed E-state index contributed by atoms with van der Waals surface area (Å²) in [6.07, 6.45) is 1.42. The van der Waals surface area contributed by atoms with E-state index in [1.54, 1.807) is 11.3 Å². The van der Waals surface area contributed by atoms with E-state index in [1.165, 1.54) is 5.56 Å². The van der Waals surface area contributed by atoms with Crippen LogP contribution in [0.25, 0.3) is 11.3 Å². The van der Waals surface area contributed by atoms with E-state index < -0.39 is 6.10 Å². The van der Waals surface area contributed by atoms with Gasteiger partial charge in [0.2, 0.25) is 6.10 Å². The Morgan fingerprint density at radius 2 is 1.86 bits per heavy atom. The molecule has 0 radical (unpaired) electrons. The van der Waals surface area contributed by atoms with Crippen LogP contribution < -0.4 is 5.32 Å². The second kappa shape index (κ2) is 8.80. The average molecular weight is 391 g/mol. The highest BCUT2D eigenvalue weighted by Crippen LogP contribution is 2.21. The minimum atomic E-state index is -0.533. The van der Waals surface area contributed by atoms with E-state index in [0.29, 0.717) is 25.8 Å². The Hall–Kier alpha value is -2.99. The second-order valence-corrected chi connectivity index (χ2v) is 7.59. The molecule has 1 aliphatic heterocycles. The Kier molecular flexibility index (Phi) is 5.77. The van der Waals surface area contributed by atoms with E-state index in [2.05, 4.69) is 20.8 Å². The SMILES string of the molecule is O=C(NCCc1nc(-c2ccccc2)cs1)[C@@H]1CC(Cc2ccccc2)=NO1. The van der Waals surface area contributed by atoms with Crippen molar-refractivity contribution in [3.05, 3.63) is 76.6 Å². The first-order valence-corrected chi connectivity index (χ1v) is 10.2. The normalized spacial score (nSPS) is 15.7. The van der Waals surface area contributed by atoms with Crippen LogP contribution in [0.2, 0.25) is 0 Å². The number of nitrogens with one attached hydrogen (secondary N) is 1. The molecule has 0 bridgehead atoms. The summed E-state index contributed by atoms with van der Waals surface area (Å²) in [5.41, 5.74) is 4.16. The third kappa shape index (κ3) is 4.64. The van der Waals surface area contributed by atoms with Crippen LogP contribution in [-0.4, -0.2) is 29.3 Å². The smallest absolute Gasteiger partial charge is 0.264 e. The molecule has 5 nitrogen and oxygen atoms in total.